The minimum Gasteiger partial charge on any atom is -0.485 e. The SMILES string of the molecule is CC(C)(C)[Si](C)(C)OCC(Oc1ccc2ccccc2c1)C(O[Si](C)(C)C(C)(C)C)c1ccccc1. The fourth-order valence-corrected chi connectivity index (χ4v) is 5.89. The number of ether oxygens (including phenoxy) is 1. The second-order valence-electron chi connectivity index (χ2n) is 12.9. The molecule has 5 heteroatoms. The first kappa shape index (κ1) is 28.6. The zero-order chi connectivity index (χ0) is 26.8. The lowest BCUT2D eigenvalue weighted by molar-refractivity contribution is 0.0109. The lowest BCUT2D eigenvalue weighted by Crippen LogP contribution is -2.48. The molecular formula is C31H46O3Si2. The fraction of sp³-hybridized carbons (Fsp3) is 0.484. The third-order valence-electron chi connectivity index (χ3n) is 8.12. The van der Waals surface area contributed by atoms with Crippen molar-refractivity contribution >= 4 is 27.4 Å². The summed E-state index contributed by atoms with van der Waals surface area (Å²) in [5.41, 5.74) is 1.13. The van der Waals surface area contributed by atoms with E-state index < -0.39 is 16.6 Å². The lowest BCUT2D eigenvalue weighted by atomic mass is 10.0. The Hall–Kier alpha value is -1.93. The zero-order valence-corrected chi connectivity index (χ0v) is 26.0. The van der Waals surface area contributed by atoms with Crippen LogP contribution in [0.3, 0.4) is 0 Å². The first-order valence-electron chi connectivity index (χ1n) is 13.1. The van der Waals surface area contributed by atoms with Crippen LogP contribution >= 0.6 is 0 Å². The number of rotatable bonds is 9. The van der Waals surface area contributed by atoms with Gasteiger partial charge in [-0.15, -0.1) is 0 Å². The van der Waals surface area contributed by atoms with Gasteiger partial charge in [0.05, 0.1) is 6.61 Å². The molecule has 0 aliphatic carbocycles. The number of benzene rings is 3. The first-order valence-corrected chi connectivity index (χ1v) is 18.9. The fourth-order valence-electron chi connectivity index (χ4n) is 3.60. The van der Waals surface area contributed by atoms with Gasteiger partial charge in [-0.25, -0.2) is 0 Å². The van der Waals surface area contributed by atoms with Crippen LogP contribution in [0.1, 0.15) is 53.2 Å². The van der Waals surface area contributed by atoms with E-state index in [0.717, 1.165) is 11.3 Å². The van der Waals surface area contributed by atoms with Crippen LogP contribution in [0, 0.1) is 0 Å². The molecule has 0 saturated heterocycles. The summed E-state index contributed by atoms with van der Waals surface area (Å²) in [4.78, 5) is 0. The van der Waals surface area contributed by atoms with Gasteiger partial charge in [0, 0.05) is 0 Å². The van der Waals surface area contributed by atoms with Crippen molar-refractivity contribution in [3.63, 3.8) is 0 Å². The standard InChI is InChI=1S/C31H46O3Si2/c1-30(2,3)35(7,8)32-23-28(33-27-21-20-24-16-14-15-19-26(24)22-27)29(25-17-12-11-13-18-25)34-36(9,10)31(4,5)6/h11-22,28-29H,23H2,1-10H3. The average Bonchev–Trinajstić information content (AvgIpc) is 2.79. The maximum absolute atomic E-state index is 7.11. The first-order chi connectivity index (χ1) is 16.6. The van der Waals surface area contributed by atoms with E-state index in [1.54, 1.807) is 0 Å². The van der Waals surface area contributed by atoms with Gasteiger partial charge in [0.15, 0.2) is 16.6 Å². The smallest absolute Gasteiger partial charge is 0.193 e. The Kier molecular flexibility index (Phi) is 8.61. The van der Waals surface area contributed by atoms with Gasteiger partial charge in [-0.3, -0.25) is 0 Å². The van der Waals surface area contributed by atoms with Gasteiger partial charge in [-0.2, -0.15) is 0 Å². The Bertz CT molecular complexity index is 1130. The van der Waals surface area contributed by atoms with E-state index >= 15 is 0 Å². The normalized spacial score (nSPS) is 15.1. The maximum Gasteiger partial charge on any atom is 0.193 e. The van der Waals surface area contributed by atoms with E-state index in [2.05, 4.69) is 141 Å². The summed E-state index contributed by atoms with van der Waals surface area (Å²) >= 11 is 0. The van der Waals surface area contributed by atoms with Gasteiger partial charge in [-0.1, -0.05) is 102 Å². The Morgan fingerprint density at radius 3 is 1.81 bits per heavy atom. The molecule has 0 spiro atoms. The van der Waals surface area contributed by atoms with E-state index in [9.17, 15) is 0 Å². The minimum atomic E-state index is -2.11. The van der Waals surface area contributed by atoms with Gasteiger partial charge >= 0.3 is 0 Å². The molecule has 36 heavy (non-hydrogen) atoms. The molecule has 3 rings (SSSR count). The predicted octanol–water partition coefficient (Wildman–Crippen LogP) is 9.37. The summed E-state index contributed by atoms with van der Waals surface area (Å²) in [5, 5.41) is 2.56. The van der Waals surface area contributed by atoms with Crippen LogP contribution in [0.15, 0.2) is 72.8 Å². The topological polar surface area (TPSA) is 27.7 Å². The highest BCUT2D eigenvalue weighted by molar-refractivity contribution is 6.74. The number of fused-ring (bicyclic) bond motifs is 1. The summed E-state index contributed by atoms with van der Waals surface area (Å²) in [6, 6.07) is 25.2. The molecule has 0 heterocycles. The van der Waals surface area contributed by atoms with E-state index in [4.69, 9.17) is 13.6 Å². The van der Waals surface area contributed by atoms with E-state index in [1.807, 2.05) is 0 Å². The van der Waals surface area contributed by atoms with Gasteiger partial charge < -0.3 is 13.6 Å². The zero-order valence-electron chi connectivity index (χ0n) is 24.0. The monoisotopic (exact) mass is 522 g/mol. The molecule has 0 N–H and O–H groups in total. The van der Waals surface area contributed by atoms with Crippen LogP contribution < -0.4 is 4.74 Å². The molecule has 3 aromatic rings. The summed E-state index contributed by atoms with van der Waals surface area (Å²) in [5.74, 6) is 0.845. The minimum absolute atomic E-state index is 0.0772. The molecule has 0 amide bonds. The quantitative estimate of drug-likeness (QED) is 0.262. The van der Waals surface area contributed by atoms with Crippen molar-refractivity contribution in [2.75, 3.05) is 6.61 Å². The highest BCUT2D eigenvalue weighted by Gasteiger charge is 2.43. The van der Waals surface area contributed by atoms with Crippen molar-refractivity contribution in [3.05, 3.63) is 78.4 Å². The van der Waals surface area contributed by atoms with Crippen molar-refractivity contribution in [1.29, 1.82) is 0 Å². The molecule has 0 fully saturated rings. The molecule has 0 aliphatic heterocycles. The summed E-state index contributed by atoms with van der Waals surface area (Å²) < 4.78 is 20.7. The molecule has 3 aromatic carbocycles. The van der Waals surface area contributed by atoms with Crippen molar-refractivity contribution in [3.8, 4) is 5.75 Å². The molecule has 0 bridgehead atoms. The maximum atomic E-state index is 7.11. The van der Waals surface area contributed by atoms with Gasteiger partial charge in [0.1, 0.15) is 18.0 Å². The molecular weight excluding hydrogens is 477 g/mol. The lowest BCUT2D eigenvalue weighted by Gasteiger charge is -2.43. The van der Waals surface area contributed by atoms with Gasteiger partial charge in [0.2, 0.25) is 0 Å². The van der Waals surface area contributed by atoms with Crippen LogP contribution in [0.2, 0.25) is 36.3 Å². The highest BCUT2D eigenvalue weighted by Crippen LogP contribution is 2.42. The summed E-state index contributed by atoms with van der Waals surface area (Å²) in [6.07, 6.45) is -0.514. The van der Waals surface area contributed by atoms with Crippen molar-refractivity contribution in [2.45, 2.75) is 90.0 Å². The molecule has 0 radical (unpaired) electrons. The van der Waals surface area contributed by atoms with E-state index in [0.29, 0.717) is 6.61 Å². The average molecular weight is 523 g/mol. The van der Waals surface area contributed by atoms with Crippen molar-refractivity contribution < 1.29 is 13.6 Å². The van der Waals surface area contributed by atoms with Gasteiger partial charge in [0.25, 0.3) is 0 Å². The van der Waals surface area contributed by atoms with E-state index in [-0.39, 0.29) is 22.3 Å². The van der Waals surface area contributed by atoms with Crippen molar-refractivity contribution in [2.24, 2.45) is 0 Å². The summed E-state index contributed by atoms with van der Waals surface area (Å²) in [6.45, 7) is 23.4. The Balaban J connectivity index is 2.03. The summed E-state index contributed by atoms with van der Waals surface area (Å²) in [7, 11) is -4.11. The van der Waals surface area contributed by atoms with Crippen LogP contribution in [0.5, 0.6) is 5.75 Å². The Morgan fingerprint density at radius 2 is 1.22 bits per heavy atom. The number of hydrogen-bond donors (Lipinski definition) is 0. The molecule has 2 unspecified atom stereocenters. The number of hydrogen-bond acceptors (Lipinski definition) is 3. The molecule has 196 valence electrons. The largest absolute Gasteiger partial charge is 0.485 e. The molecule has 3 nitrogen and oxygen atoms in total. The van der Waals surface area contributed by atoms with Crippen LogP contribution in [-0.2, 0) is 8.85 Å². The molecule has 0 aliphatic rings. The van der Waals surface area contributed by atoms with Crippen LogP contribution in [0.4, 0.5) is 0 Å². The third-order valence-corrected chi connectivity index (χ3v) is 17.1. The third kappa shape index (κ3) is 6.88. The second-order valence-corrected chi connectivity index (χ2v) is 22.5. The molecule has 0 aromatic heterocycles. The van der Waals surface area contributed by atoms with Gasteiger partial charge in [-0.05, 0) is 64.7 Å². The molecule has 2 atom stereocenters. The van der Waals surface area contributed by atoms with Crippen LogP contribution in [0.25, 0.3) is 10.8 Å². The molecule has 0 saturated carbocycles. The van der Waals surface area contributed by atoms with E-state index in [1.165, 1.54) is 10.8 Å². The predicted molar refractivity (Wildman–Crippen MR) is 159 cm³/mol. The van der Waals surface area contributed by atoms with Crippen LogP contribution in [-0.4, -0.2) is 29.3 Å². The van der Waals surface area contributed by atoms with Crippen molar-refractivity contribution in [1.82, 2.24) is 0 Å². The highest BCUT2D eigenvalue weighted by atomic mass is 28.4. The Morgan fingerprint density at radius 1 is 0.667 bits per heavy atom. The Labute approximate surface area is 221 Å². The second kappa shape index (κ2) is 10.8.